The standard InChI is InChI=1S/C25H31N3O5/c1-3-26-25(31)27-21(16-18-11-13-20(32-2)14-12-18)23(29)28-15-7-10-22(28)24(30)33-17-19-8-5-4-6-9-19/h4-6,8-9,11-14,21-22H,3,7,10,15-17H2,1-2H3,(H2,26,27,31)/t21?,22-/m0/s1. The highest BCUT2D eigenvalue weighted by Crippen LogP contribution is 2.22. The van der Waals surface area contributed by atoms with Gasteiger partial charge < -0.3 is 25.0 Å². The second-order valence-electron chi connectivity index (χ2n) is 7.89. The summed E-state index contributed by atoms with van der Waals surface area (Å²) in [5.74, 6) is -0.0128. The molecule has 1 unspecified atom stereocenters. The molecule has 1 saturated heterocycles. The smallest absolute Gasteiger partial charge is 0.329 e. The van der Waals surface area contributed by atoms with Crippen LogP contribution in [0.5, 0.6) is 5.75 Å². The number of hydrogen-bond acceptors (Lipinski definition) is 5. The van der Waals surface area contributed by atoms with Crippen molar-refractivity contribution in [3.05, 3.63) is 65.7 Å². The number of urea groups is 1. The van der Waals surface area contributed by atoms with Crippen LogP contribution in [-0.2, 0) is 27.4 Å². The molecule has 0 saturated carbocycles. The second-order valence-corrected chi connectivity index (χ2v) is 7.89. The summed E-state index contributed by atoms with van der Waals surface area (Å²) in [6.07, 6.45) is 1.53. The highest BCUT2D eigenvalue weighted by atomic mass is 16.5. The third-order valence-corrected chi connectivity index (χ3v) is 5.57. The Hall–Kier alpha value is -3.55. The highest BCUT2D eigenvalue weighted by Gasteiger charge is 2.38. The number of ether oxygens (including phenoxy) is 2. The fourth-order valence-corrected chi connectivity index (χ4v) is 3.87. The van der Waals surface area contributed by atoms with Crippen molar-refractivity contribution in [2.45, 2.75) is 44.9 Å². The highest BCUT2D eigenvalue weighted by molar-refractivity contribution is 5.91. The Morgan fingerprint density at radius 2 is 1.79 bits per heavy atom. The van der Waals surface area contributed by atoms with Gasteiger partial charge >= 0.3 is 12.0 Å². The van der Waals surface area contributed by atoms with E-state index in [1.807, 2.05) is 54.6 Å². The number of methoxy groups -OCH3 is 1. The zero-order valence-electron chi connectivity index (χ0n) is 19.1. The summed E-state index contributed by atoms with van der Waals surface area (Å²) >= 11 is 0. The van der Waals surface area contributed by atoms with E-state index in [2.05, 4.69) is 10.6 Å². The van der Waals surface area contributed by atoms with Crippen molar-refractivity contribution >= 4 is 17.9 Å². The maximum Gasteiger partial charge on any atom is 0.329 e. The molecule has 0 aromatic heterocycles. The van der Waals surface area contributed by atoms with Gasteiger partial charge in [-0.2, -0.15) is 0 Å². The summed E-state index contributed by atoms with van der Waals surface area (Å²) < 4.78 is 10.7. The lowest BCUT2D eigenvalue weighted by Crippen LogP contribution is -2.54. The van der Waals surface area contributed by atoms with Gasteiger partial charge in [-0.15, -0.1) is 0 Å². The number of carbonyl (C=O) groups is 3. The van der Waals surface area contributed by atoms with Crippen molar-refractivity contribution in [3.63, 3.8) is 0 Å². The number of esters is 1. The second kappa shape index (κ2) is 11.9. The molecule has 0 aliphatic carbocycles. The van der Waals surface area contributed by atoms with Gasteiger partial charge in [0, 0.05) is 19.5 Å². The normalized spacial score (nSPS) is 16.1. The number of amides is 3. The molecule has 8 nitrogen and oxygen atoms in total. The molecule has 3 rings (SSSR count). The van der Waals surface area contributed by atoms with Crippen molar-refractivity contribution in [2.75, 3.05) is 20.2 Å². The van der Waals surface area contributed by atoms with Crippen LogP contribution in [0.3, 0.4) is 0 Å². The average molecular weight is 454 g/mol. The van der Waals surface area contributed by atoms with Gasteiger partial charge in [-0.3, -0.25) is 4.79 Å². The summed E-state index contributed by atoms with van der Waals surface area (Å²) in [4.78, 5) is 40.0. The number of hydrogen-bond donors (Lipinski definition) is 2. The van der Waals surface area contributed by atoms with Gasteiger partial charge in [0.05, 0.1) is 7.11 Å². The molecule has 176 valence electrons. The fraction of sp³-hybridized carbons (Fsp3) is 0.400. The van der Waals surface area contributed by atoms with Gasteiger partial charge in [-0.05, 0) is 43.0 Å². The minimum atomic E-state index is -0.813. The fourth-order valence-electron chi connectivity index (χ4n) is 3.87. The third kappa shape index (κ3) is 6.71. The molecule has 2 aromatic carbocycles. The molecule has 0 bridgehead atoms. The van der Waals surface area contributed by atoms with Gasteiger partial charge in [-0.1, -0.05) is 42.5 Å². The molecule has 1 aliphatic rings. The maximum atomic E-state index is 13.5. The summed E-state index contributed by atoms with van der Waals surface area (Å²) in [6.45, 7) is 2.84. The van der Waals surface area contributed by atoms with E-state index in [1.165, 1.54) is 4.90 Å². The topological polar surface area (TPSA) is 97.0 Å². The van der Waals surface area contributed by atoms with Crippen molar-refractivity contribution in [2.24, 2.45) is 0 Å². The first-order valence-electron chi connectivity index (χ1n) is 11.2. The zero-order valence-corrected chi connectivity index (χ0v) is 19.1. The first-order chi connectivity index (χ1) is 16.0. The van der Waals surface area contributed by atoms with Crippen LogP contribution in [0, 0.1) is 0 Å². The minimum Gasteiger partial charge on any atom is -0.497 e. The van der Waals surface area contributed by atoms with E-state index in [4.69, 9.17) is 9.47 Å². The Bertz CT molecular complexity index is 933. The average Bonchev–Trinajstić information content (AvgIpc) is 3.33. The Balaban J connectivity index is 1.70. The molecule has 0 radical (unpaired) electrons. The summed E-state index contributed by atoms with van der Waals surface area (Å²) in [5.41, 5.74) is 1.75. The lowest BCUT2D eigenvalue weighted by molar-refractivity contribution is -0.155. The summed E-state index contributed by atoms with van der Waals surface area (Å²) in [6, 6.07) is 14.9. The quantitative estimate of drug-likeness (QED) is 0.569. The first kappa shape index (κ1) is 24.1. The van der Waals surface area contributed by atoms with E-state index in [1.54, 1.807) is 14.0 Å². The Morgan fingerprint density at radius 3 is 2.45 bits per heavy atom. The molecule has 2 atom stereocenters. The van der Waals surface area contributed by atoms with Crippen LogP contribution in [0.4, 0.5) is 4.79 Å². The van der Waals surface area contributed by atoms with E-state index < -0.39 is 24.1 Å². The van der Waals surface area contributed by atoms with Gasteiger partial charge in [0.1, 0.15) is 24.4 Å². The SMILES string of the molecule is CCNC(=O)NC(Cc1ccc(OC)cc1)C(=O)N1CCC[C@H]1C(=O)OCc1ccccc1. The monoisotopic (exact) mass is 453 g/mol. The first-order valence-corrected chi connectivity index (χ1v) is 11.2. The molecule has 1 fully saturated rings. The Morgan fingerprint density at radius 1 is 1.06 bits per heavy atom. The van der Waals surface area contributed by atoms with Crippen molar-refractivity contribution in [3.8, 4) is 5.75 Å². The van der Waals surface area contributed by atoms with Crippen LogP contribution in [0.15, 0.2) is 54.6 Å². The summed E-state index contributed by atoms with van der Waals surface area (Å²) in [7, 11) is 1.59. The van der Waals surface area contributed by atoms with Crippen LogP contribution in [0.1, 0.15) is 30.9 Å². The number of nitrogens with one attached hydrogen (secondary N) is 2. The van der Waals surface area contributed by atoms with Crippen LogP contribution in [0.2, 0.25) is 0 Å². The number of nitrogens with zero attached hydrogens (tertiary/aromatic N) is 1. The molecule has 2 aromatic rings. The molecule has 3 amide bonds. The Kier molecular flexibility index (Phi) is 8.69. The molecular weight excluding hydrogens is 422 g/mol. The lowest BCUT2D eigenvalue weighted by atomic mass is 10.0. The number of benzene rings is 2. The minimum absolute atomic E-state index is 0.157. The number of likely N-dealkylation sites (tertiary alicyclic amines) is 1. The number of rotatable bonds is 9. The van der Waals surface area contributed by atoms with Gasteiger partial charge in [0.2, 0.25) is 5.91 Å². The van der Waals surface area contributed by atoms with Gasteiger partial charge in [0.25, 0.3) is 0 Å². The van der Waals surface area contributed by atoms with Crippen molar-refractivity contribution < 1.29 is 23.9 Å². The molecule has 8 heteroatoms. The predicted molar refractivity (Wildman–Crippen MR) is 124 cm³/mol. The van der Waals surface area contributed by atoms with E-state index in [9.17, 15) is 14.4 Å². The van der Waals surface area contributed by atoms with Gasteiger partial charge in [0.15, 0.2) is 0 Å². The van der Waals surface area contributed by atoms with Crippen LogP contribution < -0.4 is 15.4 Å². The molecule has 1 heterocycles. The van der Waals surface area contributed by atoms with Crippen molar-refractivity contribution in [1.29, 1.82) is 0 Å². The Labute approximate surface area is 194 Å². The summed E-state index contributed by atoms with van der Waals surface area (Å²) in [5, 5.41) is 5.43. The molecule has 1 aliphatic heterocycles. The maximum absolute atomic E-state index is 13.5. The third-order valence-electron chi connectivity index (χ3n) is 5.57. The number of carbonyl (C=O) groups excluding carboxylic acids is 3. The molecule has 2 N–H and O–H groups in total. The van der Waals surface area contributed by atoms with E-state index >= 15 is 0 Å². The van der Waals surface area contributed by atoms with Crippen LogP contribution in [-0.4, -0.2) is 55.1 Å². The van der Waals surface area contributed by atoms with E-state index in [0.717, 1.165) is 11.1 Å². The molecule has 33 heavy (non-hydrogen) atoms. The predicted octanol–water partition coefficient (Wildman–Crippen LogP) is 2.66. The largest absolute Gasteiger partial charge is 0.497 e. The van der Waals surface area contributed by atoms with Gasteiger partial charge in [-0.25, -0.2) is 9.59 Å². The zero-order chi connectivity index (χ0) is 23.6. The molecular formula is C25H31N3O5. The van der Waals surface area contributed by atoms with E-state index in [0.29, 0.717) is 38.1 Å². The van der Waals surface area contributed by atoms with E-state index in [-0.39, 0.29) is 12.5 Å². The van der Waals surface area contributed by atoms with Crippen LogP contribution in [0.25, 0.3) is 0 Å². The molecule has 0 spiro atoms. The van der Waals surface area contributed by atoms with Crippen molar-refractivity contribution in [1.82, 2.24) is 15.5 Å². The lowest BCUT2D eigenvalue weighted by Gasteiger charge is -2.28. The van der Waals surface area contributed by atoms with Crippen LogP contribution >= 0.6 is 0 Å².